The monoisotopic (exact) mass is 365 g/mol. The van der Waals surface area contributed by atoms with Gasteiger partial charge in [0.05, 0.1) is 6.61 Å². The van der Waals surface area contributed by atoms with E-state index in [1.165, 1.54) is 4.52 Å². The Kier molecular flexibility index (Phi) is 4.97. The zero-order valence-electron chi connectivity index (χ0n) is 14.3. The minimum atomic E-state index is -4.57. The third-order valence-electron chi connectivity index (χ3n) is 3.55. The van der Waals surface area contributed by atoms with Gasteiger partial charge in [-0.05, 0) is 12.0 Å². The number of anilines is 1. The Morgan fingerprint density at radius 1 is 1.23 bits per heavy atom. The summed E-state index contributed by atoms with van der Waals surface area (Å²) in [5, 5.41) is 6.89. The predicted octanol–water partition coefficient (Wildman–Crippen LogP) is 3.79. The van der Waals surface area contributed by atoms with Crippen molar-refractivity contribution in [2.24, 2.45) is 5.92 Å². The van der Waals surface area contributed by atoms with Crippen LogP contribution in [0.25, 0.3) is 5.78 Å². The highest BCUT2D eigenvalue weighted by Crippen LogP contribution is 2.30. The van der Waals surface area contributed by atoms with E-state index >= 15 is 0 Å². The van der Waals surface area contributed by atoms with Crippen LogP contribution in [0.1, 0.15) is 25.1 Å². The molecule has 3 aromatic rings. The zero-order chi connectivity index (χ0) is 18.7. The standard InChI is InChI=1S/C17H18F3N5O/c1-11(2)9-26-13-6-4-3-5-12(13)8-21-15-7-14(17(18,19)20)24-16-22-10-23-25(15)16/h3-7,10-11,21H,8-9H2,1-2H3. The Bertz CT molecular complexity index is 891. The molecule has 0 fully saturated rings. The summed E-state index contributed by atoms with van der Waals surface area (Å²) in [5.74, 6) is 1.08. The summed E-state index contributed by atoms with van der Waals surface area (Å²) < 4.78 is 46.1. The average Bonchev–Trinajstić information content (AvgIpc) is 3.06. The number of hydrogen-bond donors (Lipinski definition) is 1. The molecule has 0 aliphatic carbocycles. The molecule has 0 aliphatic rings. The van der Waals surface area contributed by atoms with Gasteiger partial charge in [-0.3, -0.25) is 0 Å². The van der Waals surface area contributed by atoms with Gasteiger partial charge in [0.15, 0.2) is 5.69 Å². The highest BCUT2D eigenvalue weighted by atomic mass is 19.4. The van der Waals surface area contributed by atoms with E-state index in [9.17, 15) is 13.2 Å². The predicted molar refractivity (Wildman–Crippen MR) is 89.9 cm³/mol. The second-order valence-corrected chi connectivity index (χ2v) is 6.16. The molecule has 0 radical (unpaired) electrons. The molecule has 9 heteroatoms. The Hall–Kier alpha value is -2.84. The molecule has 2 heterocycles. The minimum absolute atomic E-state index is 0.119. The number of rotatable bonds is 6. The van der Waals surface area contributed by atoms with Crippen molar-refractivity contribution in [3.63, 3.8) is 0 Å². The number of alkyl halides is 3. The first-order chi connectivity index (χ1) is 12.3. The van der Waals surface area contributed by atoms with Gasteiger partial charge in [0.2, 0.25) is 0 Å². The van der Waals surface area contributed by atoms with Crippen LogP contribution in [0.15, 0.2) is 36.7 Å². The van der Waals surface area contributed by atoms with Crippen LogP contribution in [0.2, 0.25) is 0 Å². The van der Waals surface area contributed by atoms with Gasteiger partial charge < -0.3 is 10.1 Å². The summed E-state index contributed by atoms with van der Waals surface area (Å²) in [5.41, 5.74) is -0.198. The molecule has 0 aliphatic heterocycles. The highest BCUT2D eigenvalue weighted by molar-refractivity contribution is 5.47. The van der Waals surface area contributed by atoms with Crippen LogP contribution in [-0.2, 0) is 12.7 Å². The number of nitrogens with zero attached hydrogens (tertiary/aromatic N) is 4. The van der Waals surface area contributed by atoms with Crippen LogP contribution >= 0.6 is 0 Å². The number of aromatic nitrogens is 4. The maximum atomic E-state index is 13.0. The van der Waals surface area contributed by atoms with E-state index in [2.05, 4.69) is 20.4 Å². The molecule has 0 bridgehead atoms. The largest absolute Gasteiger partial charge is 0.493 e. The molecule has 0 spiro atoms. The van der Waals surface area contributed by atoms with Gasteiger partial charge in [-0.15, -0.1) is 0 Å². The molecule has 0 unspecified atom stereocenters. The molecule has 26 heavy (non-hydrogen) atoms. The summed E-state index contributed by atoms with van der Waals surface area (Å²) >= 11 is 0. The van der Waals surface area contributed by atoms with Crippen molar-refractivity contribution >= 4 is 11.6 Å². The molecular weight excluding hydrogens is 347 g/mol. The van der Waals surface area contributed by atoms with Crippen molar-refractivity contribution in [3.8, 4) is 5.75 Å². The Morgan fingerprint density at radius 3 is 2.73 bits per heavy atom. The van der Waals surface area contributed by atoms with Crippen LogP contribution < -0.4 is 10.1 Å². The van der Waals surface area contributed by atoms with E-state index in [1.54, 1.807) is 0 Å². The van der Waals surface area contributed by atoms with E-state index in [0.717, 1.165) is 18.0 Å². The van der Waals surface area contributed by atoms with Crippen LogP contribution in [0.3, 0.4) is 0 Å². The normalized spacial score (nSPS) is 11.9. The molecule has 1 aromatic carbocycles. The summed E-state index contributed by atoms with van der Waals surface area (Å²) in [4.78, 5) is 7.24. The van der Waals surface area contributed by atoms with Crippen molar-refractivity contribution in [1.29, 1.82) is 0 Å². The van der Waals surface area contributed by atoms with Crippen molar-refractivity contribution < 1.29 is 17.9 Å². The third kappa shape index (κ3) is 4.04. The number of ether oxygens (including phenoxy) is 1. The van der Waals surface area contributed by atoms with Crippen LogP contribution in [0.4, 0.5) is 19.0 Å². The van der Waals surface area contributed by atoms with E-state index in [-0.39, 0.29) is 18.1 Å². The molecule has 0 saturated carbocycles. The fourth-order valence-corrected chi connectivity index (χ4v) is 2.32. The first-order valence-corrected chi connectivity index (χ1v) is 8.07. The Balaban J connectivity index is 1.85. The fraction of sp³-hybridized carbons (Fsp3) is 0.353. The van der Waals surface area contributed by atoms with E-state index < -0.39 is 11.9 Å². The second-order valence-electron chi connectivity index (χ2n) is 6.16. The van der Waals surface area contributed by atoms with Gasteiger partial charge in [0.25, 0.3) is 5.78 Å². The number of hydrogen-bond acceptors (Lipinski definition) is 5. The lowest BCUT2D eigenvalue weighted by Gasteiger charge is -2.15. The van der Waals surface area contributed by atoms with Crippen LogP contribution in [0.5, 0.6) is 5.75 Å². The maximum Gasteiger partial charge on any atom is 0.433 e. The number of nitrogens with one attached hydrogen (secondary N) is 1. The summed E-state index contributed by atoms with van der Waals surface area (Å²) in [6, 6.07) is 8.30. The molecule has 0 saturated heterocycles. The molecule has 0 atom stereocenters. The molecule has 3 rings (SSSR count). The molecular formula is C17H18F3N5O. The molecule has 138 valence electrons. The summed E-state index contributed by atoms with van der Waals surface area (Å²) in [7, 11) is 0. The van der Waals surface area contributed by atoms with Crippen LogP contribution in [-0.4, -0.2) is 26.2 Å². The van der Waals surface area contributed by atoms with Gasteiger partial charge >= 0.3 is 6.18 Å². The first kappa shape index (κ1) is 18.0. The van der Waals surface area contributed by atoms with Gasteiger partial charge in [-0.2, -0.15) is 27.8 Å². The van der Waals surface area contributed by atoms with Gasteiger partial charge in [-0.1, -0.05) is 32.0 Å². The Labute approximate surface area is 148 Å². The van der Waals surface area contributed by atoms with E-state index in [4.69, 9.17) is 4.74 Å². The number of benzene rings is 1. The van der Waals surface area contributed by atoms with Gasteiger partial charge in [0.1, 0.15) is 17.9 Å². The molecule has 1 N–H and O–H groups in total. The second kappa shape index (κ2) is 7.19. The number of para-hydroxylation sites is 1. The minimum Gasteiger partial charge on any atom is -0.493 e. The van der Waals surface area contributed by atoms with Crippen molar-refractivity contribution in [3.05, 3.63) is 47.9 Å². The zero-order valence-corrected chi connectivity index (χ0v) is 14.3. The van der Waals surface area contributed by atoms with Crippen molar-refractivity contribution in [2.75, 3.05) is 11.9 Å². The van der Waals surface area contributed by atoms with Gasteiger partial charge in [-0.25, -0.2) is 4.98 Å². The third-order valence-corrected chi connectivity index (χ3v) is 3.55. The number of halogens is 3. The molecule has 2 aromatic heterocycles. The fourth-order valence-electron chi connectivity index (χ4n) is 2.32. The Morgan fingerprint density at radius 2 is 2.00 bits per heavy atom. The lowest BCUT2D eigenvalue weighted by molar-refractivity contribution is -0.141. The van der Waals surface area contributed by atoms with Crippen molar-refractivity contribution in [1.82, 2.24) is 19.6 Å². The van der Waals surface area contributed by atoms with E-state index in [0.29, 0.717) is 18.3 Å². The van der Waals surface area contributed by atoms with Gasteiger partial charge in [0, 0.05) is 18.2 Å². The van der Waals surface area contributed by atoms with Crippen molar-refractivity contribution in [2.45, 2.75) is 26.6 Å². The number of fused-ring (bicyclic) bond motifs is 1. The topological polar surface area (TPSA) is 64.3 Å². The average molecular weight is 365 g/mol. The molecule has 0 amide bonds. The summed E-state index contributed by atoms with van der Waals surface area (Å²) in [6.07, 6.45) is -3.41. The lowest BCUT2D eigenvalue weighted by Crippen LogP contribution is -2.14. The summed E-state index contributed by atoms with van der Waals surface area (Å²) in [6.45, 7) is 4.90. The molecule has 6 nitrogen and oxygen atoms in total. The quantitative estimate of drug-likeness (QED) is 0.720. The smallest absolute Gasteiger partial charge is 0.433 e. The SMILES string of the molecule is CC(C)COc1ccccc1CNc1cc(C(F)(F)F)nc2ncnn12. The first-order valence-electron chi connectivity index (χ1n) is 8.07. The van der Waals surface area contributed by atoms with E-state index in [1.807, 2.05) is 38.1 Å². The highest BCUT2D eigenvalue weighted by Gasteiger charge is 2.34. The maximum absolute atomic E-state index is 13.0. The lowest BCUT2D eigenvalue weighted by atomic mass is 10.2. The van der Waals surface area contributed by atoms with Crippen LogP contribution in [0, 0.1) is 5.92 Å².